The van der Waals surface area contributed by atoms with Crippen LogP contribution in [0.3, 0.4) is 0 Å². The maximum absolute atomic E-state index is 15.1. The number of thiazole rings is 1. The summed E-state index contributed by atoms with van der Waals surface area (Å²) in [6.07, 6.45) is 4.47. The normalized spacial score (nSPS) is 14.5. The molecule has 0 aliphatic carbocycles. The Kier molecular flexibility index (Phi) is 32.1. The highest BCUT2D eigenvalue weighted by molar-refractivity contribution is 7.09. The molecule has 430 valence electrons. The van der Waals surface area contributed by atoms with Crippen LogP contribution in [0.15, 0.2) is 29.6 Å². The number of nitrogens with one attached hydrogen (secondary N) is 4. The molecule has 2 rings (SSSR count). The van der Waals surface area contributed by atoms with Gasteiger partial charge in [0.2, 0.25) is 23.6 Å². The van der Waals surface area contributed by atoms with Crippen molar-refractivity contribution < 1.29 is 52.9 Å². The van der Waals surface area contributed by atoms with E-state index in [0.29, 0.717) is 89.0 Å². The van der Waals surface area contributed by atoms with E-state index in [0.717, 1.165) is 17.5 Å². The number of aliphatic hydroxyl groups is 1. The number of carbonyl (C=O) groups excluding carboxylic acids is 7. The second kappa shape index (κ2) is 36.3. The Morgan fingerprint density at radius 2 is 1.58 bits per heavy atom. The quantitative estimate of drug-likeness (QED) is 0.0338. The summed E-state index contributed by atoms with van der Waals surface area (Å²) in [6, 6.07) is 6.63. The molecule has 5 N–H and O–H groups in total. The van der Waals surface area contributed by atoms with Gasteiger partial charge in [0.25, 0.3) is 12.4 Å². The Morgan fingerprint density at radius 3 is 2.20 bits per heavy atom. The van der Waals surface area contributed by atoms with Gasteiger partial charge in [-0.15, -0.1) is 11.3 Å². The summed E-state index contributed by atoms with van der Waals surface area (Å²) in [6.45, 7) is 23.9. The number of aryl methyl sites for hydroxylation is 1. The lowest BCUT2D eigenvalue weighted by molar-refractivity contribution is -0.145. The second-order valence-corrected chi connectivity index (χ2v) is 21.8. The highest BCUT2D eigenvalue weighted by atomic mass is 32.1. The van der Waals surface area contributed by atoms with Gasteiger partial charge in [-0.2, -0.15) is 0 Å². The molecule has 7 atom stereocenters. The average Bonchev–Trinajstić information content (AvgIpc) is 3.89. The van der Waals surface area contributed by atoms with Crippen molar-refractivity contribution in [3.63, 3.8) is 0 Å². The highest BCUT2D eigenvalue weighted by Crippen LogP contribution is 2.34. The smallest absolute Gasteiger partial charge is 0.293 e. The van der Waals surface area contributed by atoms with E-state index < -0.39 is 29.7 Å². The van der Waals surface area contributed by atoms with E-state index in [1.54, 1.807) is 26.3 Å². The van der Waals surface area contributed by atoms with Gasteiger partial charge in [0.05, 0.1) is 25.4 Å². The molecule has 1 aromatic carbocycles. The summed E-state index contributed by atoms with van der Waals surface area (Å²) in [4.78, 5) is 102. The predicted octanol–water partition coefficient (Wildman–Crippen LogP) is 6.89. The number of Topliss-reactive ketones (excluding diaryl/α,β-unsaturated/α-hetero) is 1. The molecule has 18 nitrogen and oxygen atoms in total. The lowest BCUT2D eigenvalue weighted by Gasteiger charge is -2.40. The zero-order chi connectivity index (χ0) is 56.8. The Labute approximate surface area is 458 Å². The van der Waals surface area contributed by atoms with Crippen molar-refractivity contribution in [2.75, 3.05) is 59.7 Å². The van der Waals surface area contributed by atoms with Crippen LogP contribution in [0, 0.1) is 24.7 Å². The number of hydrogen-bond acceptors (Lipinski definition) is 14. The van der Waals surface area contributed by atoms with E-state index in [4.69, 9.17) is 24.3 Å². The van der Waals surface area contributed by atoms with Crippen molar-refractivity contribution in [1.29, 1.82) is 0 Å². The van der Waals surface area contributed by atoms with Gasteiger partial charge in [-0.1, -0.05) is 84.7 Å². The van der Waals surface area contributed by atoms with Gasteiger partial charge >= 0.3 is 0 Å². The molecule has 0 fully saturated rings. The molecule has 1 heterocycles. The molecule has 0 bridgehead atoms. The molecule has 0 saturated heterocycles. The molecular weight excluding hydrogens is 991 g/mol. The van der Waals surface area contributed by atoms with Crippen LogP contribution in [-0.4, -0.2) is 151 Å². The van der Waals surface area contributed by atoms with Gasteiger partial charge in [-0.05, 0) is 90.7 Å². The monoisotopic (exact) mass is 1090 g/mol. The molecule has 0 radical (unpaired) electrons. The average molecular weight is 1090 g/mol. The van der Waals surface area contributed by atoms with Gasteiger partial charge in [0, 0.05) is 88.3 Å². The minimum Gasteiger partial charge on any atom is -0.465 e. The fourth-order valence-corrected chi connectivity index (χ4v) is 9.71. The zero-order valence-corrected chi connectivity index (χ0v) is 48.8. The lowest BCUT2D eigenvalue weighted by atomic mass is 9.81. The molecule has 0 saturated carbocycles. The first-order valence-electron chi connectivity index (χ1n) is 27.8. The van der Waals surface area contributed by atoms with E-state index in [1.807, 2.05) is 82.5 Å². The van der Waals surface area contributed by atoms with Crippen LogP contribution in [-0.2, 0) is 49.4 Å². The Hall–Kier alpha value is -4.82. The summed E-state index contributed by atoms with van der Waals surface area (Å²) < 4.78 is 17.0. The van der Waals surface area contributed by atoms with Crippen molar-refractivity contribution in [1.82, 2.24) is 36.1 Å². The number of amides is 5. The number of benzene rings is 1. The van der Waals surface area contributed by atoms with Crippen molar-refractivity contribution >= 4 is 53.1 Å². The number of carbonyl (C=O) groups is 7. The third-order valence-corrected chi connectivity index (χ3v) is 15.1. The number of unbranched alkanes of at least 4 members (excludes halogenated alkanes) is 1. The molecule has 76 heavy (non-hydrogen) atoms. The topological polar surface area (TPSA) is 235 Å². The van der Waals surface area contributed by atoms with Crippen LogP contribution in [0.25, 0.3) is 0 Å². The molecule has 0 spiro atoms. The number of ether oxygens (including phenoxy) is 3. The number of aromatic nitrogens is 1. The summed E-state index contributed by atoms with van der Waals surface area (Å²) in [5, 5.41) is 23.0. The zero-order valence-electron chi connectivity index (χ0n) is 48.0. The van der Waals surface area contributed by atoms with Crippen LogP contribution in [0.2, 0.25) is 0 Å². The van der Waals surface area contributed by atoms with Crippen molar-refractivity contribution in [2.24, 2.45) is 17.8 Å². The minimum absolute atomic E-state index is 0.00293. The summed E-state index contributed by atoms with van der Waals surface area (Å²) >= 11 is 1.34. The molecule has 0 aliphatic heterocycles. The van der Waals surface area contributed by atoms with Gasteiger partial charge in [-0.25, -0.2) is 4.98 Å². The first-order chi connectivity index (χ1) is 36.2. The molecule has 19 heteroatoms. The Balaban J connectivity index is 2.30. The van der Waals surface area contributed by atoms with Gasteiger partial charge in [0.1, 0.15) is 29.0 Å². The van der Waals surface area contributed by atoms with Crippen LogP contribution in [0.5, 0.6) is 0 Å². The molecular formula is C57H95N7O11S. The summed E-state index contributed by atoms with van der Waals surface area (Å²) in [7, 11) is 1.78. The van der Waals surface area contributed by atoms with E-state index in [2.05, 4.69) is 35.1 Å². The molecule has 1 aromatic heterocycles. The number of aliphatic hydroxyl groups excluding tert-OH is 1. The maximum atomic E-state index is 15.1. The fraction of sp³-hybridized carbons (Fsp3) is 0.719. The number of likely N-dealkylation sites (N-methyl/N-ethyl adjacent to an activating group) is 1. The predicted molar refractivity (Wildman–Crippen MR) is 298 cm³/mol. The third-order valence-electron chi connectivity index (χ3n) is 14.1. The SMILES string of the molecule is CCCO[C@H](C[C@H](C(C)C)N(CCC)C(=O)[C@@H](CC(=O)C(C)(C)N(C)CCC(=O)NC(CCCCNC(=O)CC)C(=O)NCCOCCO)C(C)CC)c1nc(C(=O)N[C@@H](Cc2ccc(C)cc2)CC(C)OC=O)cs1. The first kappa shape index (κ1) is 67.3. The number of nitrogens with zero attached hydrogens (tertiary/aromatic N) is 3. The summed E-state index contributed by atoms with van der Waals surface area (Å²) in [5.41, 5.74) is 1.36. The van der Waals surface area contributed by atoms with Crippen molar-refractivity contribution in [3.8, 4) is 0 Å². The second-order valence-electron chi connectivity index (χ2n) is 20.9. The first-order valence-corrected chi connectivity index (χ1v) is 28.6. The van der Waals surface area contributed by atoms with Crippen LogP contribution < -0.4 is 21.3 Å². The Bertz CT molecular complexity index is 2050. The fourth-order valence-electron chi connectivity index (χ4n) is 8.85. The van der Waals surface area contributed by atoms with Crippen LogP contribution in [0.4, 0.5) is 0 Å². The molecule has 2 aromatic rings. The van der Waals surface area contributed by atoms with Gasteiger partial charge in [0.15, 0.2) is 5.78 Å². The van der Waals surface area contributed by atoms with Gasteiger partial charge < -0.3 is 45.5 Å². The molecule has 5 amide bonds. The van der Waals surface area contributed by atoms with Crippen LogP contribution >= 0.6 is 11.3 Å². The summed E-state index contributed by atoms with van der Waals surface area (Å²) in [5.74, 6) is -2.12. The number of ketones is 1. The van der Waals surface area contributed by atoms with E-state index >= 15 is 4.79 Å². The number of hydrogen-bond donors (Lipinski definition) is 5. The number of rotatable bonds is 41. The molecule has 0 aliphatic rings. The standard InChI is InChI=1S/C57H95N7O11S/c1-13-27-64(48(39(5)6)36-49(74-30-14-2)55-62-47(37-76-55)54(71)60-44(33-42(9)75-38-66)34-43-22-20-40(7)21-23-43)56(72)45(41(8)15-3)35-50(67)57(10,11)63(12)28-24-52(69)61-46(19-17-18-25-58-51(68)16-4)53(70)59-26-31-73-32-29-65/h20-23,37-39,41-42,44-46,48-49,65H,13-19,24-36H2,1-12H3,(H,58,68)(H,59,70)(H,60,71)(H,61,69)/t41?,42?,44-,45+,46?,48-,49-/m1/s1. The maximum Gasteiger partial charge on any atom is 0.293 e. The van der Waals surface area contributed by atoms with E-state index in [9.17, 15) is 28.8 Å². The van der Waals surface area contributed by atoms with Gasteiger partial charge in [-0.3, -0.25) is 38.5 Å². The highest BCUT2D eigenvalue weighted by Gasteiger charge is 2.40. The Morgan fingerprint density at radius 1 is 0.868 bits per heavy atom. The van der Waals surface area contributed by atoms with Crippen LogP contribution in [0.1, 0.15) is 173 Å². The van der Waals surface area contributed by atoms with Crippen molar-refractivity contribution in [2.45, 2.75) is 189 Å². The van der Waals surface area contributed by atoms with Crippen molar-refractivity contribution in [3.05, 3.63) is 51.5 Å². The largest absolute Gasteiger partial charge is 0.465 e. The third kappa shape index (κ3) is 23.8. The molecule has 3 unspecified atom stereocenters. The lowest BCUT2D eigenvalue weighted by Crippen LogP contribution is -2.53. The minimum atomic E-state index is -1.05. The van der Waals surface area contributed by atoms with E-state index in [-0.39, 0.29) is 111 Å². The van der Waals surface area contributed by atoms with E-state index in [1.165, 1.54) is 11.3 Å².